The number of benzene rings is 1. The summed E-state index contributed by atoms with van der Waals surface area (Å²) in [6.45, 7) is 2.88. The van der Waals surface area contributed by atoms with Crippen LogP contribution in [0.2, 0.25) is 0 Å². The molecule has 1 aliphatic carbocycles. The van der Waals surface area contributed by atoms with Crippen molar-refractivity contribution in [3.05, 3.63) is 47.3 Å². The highest BCUT2D eigenvalue weighted by Crippen LogP contribution is 2.40. The van der Waals surface area contributed by atoms with Crippen molar-refractivity contribution in [3.8, 4) is 0 Å². The van der Waals surface area contributed by atoms with Gasteiger partial charge in [-0.3, -0.25) is 0 Å². The quantitative estimate of drug-likeness (QED) is 0.896. The van der Waals surface area contributed by atoms with Crippen LogP contribution in [0.25, 0.3) is 0 Å². The topological polar surface area (TPSA) is 50.9 Å². The number of nitrogens with zero attached hydrogens (tertiary/aromatic N) is 3. The van der Waals surface area contributed by atoms with Gasteiger partial charge in [0.05, 0.1) is 11.9 Å². The predicted octanol–water partition coefficient (Wildman–Crippen LogP) is 2.65. The Balaban J connectivity index is 1.87. The van der Waals surface area contributed by atoms with E-state index < -0.39 is 6.10 Å². The maximum atomic E-state index is 10.5. The van der Waals surface area contributed by atoms with Gasteiger partial charge in [-0.25, -0.2) is 4.68 Å². The molecule has 19 heavy (non-hydrogen) atoms. The molecule has 0 bridgehead atoms. The molecule has 4 heteroatoms. The molecule has 4 nitrogen and oxygen atoms in total. The van der Waals surface area contributed by atoms with E-state index in [9.17, 15) is 5.11 Å². The molecule has 1 heterocycles. The average molecular weight is 257 g/mol. The predicted molar refractivity (Wildman–Crippen MR) is 72.8 cm³/mol. The van der Waals surface area contributed by atoms with Gasteiger partial charge in [0, 0.05) is 6.54 Å². The molecular formula is C15H19N3O. The summed E-state index contributed by atoms with van der Waals surface area (Å²) in [5.74, 6) is 0.700. The van der Waals surface area contributed by atoms with Crippen LogP contribution >= 0.6 is 0 Å². The fourth-order valence-corrected chi connectivity index (χ4v) is 2.43. The standard InChI is InChI=1S/C15H19N3O/c1-2-8-18-14(10-16-17-18)15(19)13-5-3-4-12(9-13)11-6-7-11/h3-5,9-11,15,19H,2,6-8H2,1H3. The summed E-state index contributed by atoms with van der Waals surface area (Å²) < 4.78 is 1.79. The Morgan fingerprint density at radius 2 is 2.26 bits per heavy atom. The summed E-state index contributed by atoms with van der Waals surface area (Å²) in [7, 11) is 0. The molecule has 0 aliphatic heterocycles. The van der Waals surface area contributed by atoms with E-state index in [-0.39, 0.29) is 0 Å². The van der Waals surface area contributed by atoms with Gasteiger partial charge < -0.3 is 5.11 Å². The molecule has 3 rings (SSSR count). The number of aliphatic hydroxyl groups excluding tert-OH is 1. The Bertz CT molecular complexity index is 560. The Morgan fingerprint density at radius 3 is 3.00 bits per heavy atom. The van der Waals surface area contributed by atoms with Crippen LogP contribution in [0.3, 0.4) is 0 Å². The monoisotopic (exact) mass is 257 g/mol. The average Bonchev–Trinajstić information content (AvgIpc) is 3.19. The van der Waals surface area contributed by atoms with Crippen LogP contribution in [0.4, 0.5) is 0 Å². The van der Waals surface area contributed by atoms with E-state index in [0.29, 0.717) is 5.92 Å². The van der Waals surface area contributed by atoms with Gasteiger partial charge in [0.1, 0.15) is 6.10 Å². The van der Waals surface area contributed by atoms with Gasteiger partial charge in [-0.1, -0.05) is 36.4 Å². The highest BCUT2D eigenvalue weighted by Gasteiger charge is 2.24. The lowest BCUT2D eigenvalue weighted by molar-refractivity contribution is 0.207. The highest BCUT2D eigenvalue weighted by atomic mass is 16.3. The van der Waals surface area contributed by atoms with Crippen molar-refractivity contribution in [3.63, 3.8) is 0 Å². The summed E-state index contributed by atoms with van der Waals surface area (Å²) in [6.07, 6.45) is 4.54. The SMILES string of the molecule is CCCn1nncc1C(O)c1cccc(C2CC2)c1. The summed E-state index contributed by atoms with van der Waals surface area (Å²) in [4.78, 5) is 0. The van der Waals surface area contributed by atoms with E-state index in [1.165, 1.54) is 18.4 Å². The maximum Gasteiger partial charge on any atom is 0.122 e. The molecule has 2 aromatic rings. The summed E-state index contributed by atoms with van der Waals surface area (Å²) >= 11 is 0. The van der Waals surface area contributed by atoms with Gasteiger partial charge in [-0.05, 0) is 36.3 Å². The van der Waals surface area contributed by atoms with Crippen LogP contribution in [0.15, 0.2) is 30.5 Å². The molecule has 1 aromatic heterocycles. The number of hydrogen-bond acceptors (Lipinski definition) is 3. The van der Waals surface area contributed by atoms with Crippen molar-refractivity contribution in [1.29, 1.82) is 0 Å². The smallest absolute Gasteiger partial charge is 0.122 e. The second-order valence-electron chi connectivity index (χ2n) is 5.23. The summed E-state index contributed by atoms with van der Waals surface area (Å²) in [6, 6.07) is 8.26. The molecule has 1 aromatic carbocycles. The maximum absolute atomic E-state index is 10.5. The molecule has 0 amide bonds. The van der Waals surface area contributed by atoms with Gasteiger partial charge in [-0.15, -0.1) is 5.10 Å². The van der Waals surface area contributed by atoms with Gasteiger partial charge in [0.2, 0.25) is 0 Å². The van der Waals surface area contributed by atoms with Crippen molar-refractivity contribution in [2.75, 3.05) is 0 Å². The minimum Gasteiger partial charge on any atom is -0.382 e. The van der Waals surface area contributed by atoms with Crippen molar-refractivity contribution >= 4 is 0 Å². The first-order chi connectivity index (χ1) is 9.29. The molecule has 1 fully saturated rings. The molecule has 1 unspecified atom stereocenters. The number of aliphatic hydroxyl groups is 1. The largest absolute Gasteiger partial charge is 0.382 e. The minimum atomic E-state index is -0.639. The number of rotatable bonds is 5. The second-order valence-corrected chi connectivity index (χ2v) is 5.23. The number of aryl methyl sites for hydroxylation is 1. The van der Waals surface area contributed by atoms with Crippen LogP contribution in [-0.4, -0.2) is 20.1 Å². The van der Waals surface area contributed by atoms with E-state index in [1.54, 1.807) is 10.9 Å². The van der Waals surface area contributed by atoms with Gasteiger partial charge in [0.25, 0.3) is 0 Å². The lowest BCUT2D eigenvalue weighted by atomic mass is 10.0. The fourth-order valence-electron chi connectivity index (χ4n) is 2.43. The first-order valence-corrected chi connectivity index (χ1v) is 6.96. The molecule has 1 N–H and O–H groups in total. The Hall–Kier alpha value is -1.68. The van der Waals surface area contributed by atoms with Gasteiger partial charge in [-0.2, -0.15) is 0 Å². The molecule has 1 atom stereocenters. The van der Waals surface area contributed by atoms with Gasteiger partial charge >= 0.3 is 0 Å². The van der Waals surface area contributed by atoms with Crippen molar-refractivity contribution in [2.24, 2.45) is 0 Å². The van der Waals surface area contributed by atoms with E-state index in [2.05, 4.69) is 29.4 Å². The number of aromatic nitrogens is 3. The fraction of sp³-hybridized carbons (Fsp3) is 0.467. The van der Waals surface area contributed by atoms with Crippen molar-refractivity contribution in [1.82, 2.24) is 15.0 Å². The molecular weight excluding hydrogens is 238 g/mol. The molecule has 1 aliphatic rings. The van der Waals surface area contributed by atoms with Crippen molar-refractivity contribution in [2.45, 2.75) is 44.8 Å². The third-order valence-corrected chi connectivity index (χ3v) is 3.64. The zero-order valence-corrected chi connectivity index (χ0v) is 11.2. The highest BCUT2D eigenvalue weighted by molar-refractivity contribution is 5.33. The Morgan fingerprint density at radius 1 is 1.42 bits per heavy atom. The molecule has 0 radical (unpaired) electrons. The first kappa shape index (κ1) is 12.4. The Labute approximate surface area is 113 Å². The van der Waals surface area contributed by atoms with Crippen LogP contribution in [-0.2, 0) is 6.54 Å². The number of hydrogen-bond donors (Lipinski definition) is 1. The van der Waals surface area contributed by atoms with Crippen LogP contribution in [0, 0.1) is 0 Å². The van der Waals surface area contributed by atoms with Crippen LogP contribution in [0.1, 0.15) is 55.0 Å². The Kier molecular flexibility index (Phi) is 3.34. The van der Waals surface area contributed by atoms with Crippen LogP contribution in [0.5, 0.6) is 0 Å². The van der Waals surface area contributed by atoms with E-state index in [0.717, 1.165) is 24.2 Å². The van der Waals surface area contributed by atoms with Crippen LogP contribution < -0.4 is 0 Å². The normalized spacial score (nSPS) is 16.5. The second kappa shape index (κ2) is 5.13. The zero-order chi connectivity index (χ0) is 13.2. The van der Waals surface area contributed by atoms with E-state index >= 15 is 0 Å². The minimum absolute atomic E-state index is 0.639. The first-order valence-electron chi connectivity index (χ1n) is 6.96. The van der Waals surface area contributed by atoms with Crippen molar-refractivity contribution < 1.29 is 5.11 Å². The summed E-state index contributed by atoms with van der Waals surface area (Å²) in [5, 5.41) is 18.5. The lowest BCUT2D eigenvalue weighted by Gasteiger charge is -2.13. The molecule has 0 spiro atoms. The molecule has 1 saturated carbocycles. The van der Waals surface area contributed by atoms with Gasteiger partial charge in [0.15, 0.2) is 0 Å². The van der Waals surface area contributed by atoms with E-state index in [4.69, 9.17) is 0 Å². The third kappa shape index (κ3) is 2.54. The summed E-state index contributed by atoms with van der Waals surface area (Å²) in [5.41, 5.74) is 3.05. The zero-order valence-electron chi connectivity index (χ0n) is 11.2. The molecule has 0 saturated heterocycles. The molecule has 100 valence electrons. The third-order valence-electron chi connectivity index (χ3n) is 3.64. The van der Waals surface area contributed by atoms with E-state index in [1.807, 2.05) is 12.1 Å². The lowest BCUT2D eigenvalue weighted by Crippen LogP contribution is -2.10.